The van der Waals surface area contributed by atoms with Crippen LogP contribution >= 0.6 is 11.3 Å². The standard InChI is InChI=1S/C18H26N6OS/c1-13-10-21-17(26-13)15(18(25)24-8-3-2-4-9-24)16(22-12-19)23-14-6-5-7-20-11-14/h10,14,19-20H,2-9,11H2,1H3,(H,21,23,25)/p+1. The maximum Gasteiger partial charge on any atom is 0.336 e. The van der Waals surface area contributed by atoms with Gasteiger partial charge in [-0.1, -0.05) is 0 Å². The lowest BCUT2D eigenvalue weighted by atomic mass is 10.1. The van der Waals surface area contributed by atoms with Gasteiger partial charge in [-0.15, -0.1) is 11.3 Å². The molecule has 8 heteroatoms. The van der Waals surface area contributed by atoms with Gasteiger partial charge in [0.1, 0.15) is 5.01 Å². The number of piperidine rings is 2. The van der Waals surface area contributed by atoms with Gasteiger partial charge in [0.15, 0.2) is 5.57 Å². The van der Waals surface area contributed by atoms with E-state index in [2.05, 4.69) is 26.7 Å². The molecular weight excluding hydrogens is 348 g/mol. The molecule has 1 aromatic heterocycles. The van der Waals surface area contributed by atoms with Crippen LogP contribution in [0.15, 0.2) is 12.0 Å². The number of nitrogens with zero attached hydrogens (tertiary/aromatic N) is 3. The second-order valence-corrected chi connectivity index (χ2v) is 8.02. The lowest BCUT2D eigenvalue weighted by Gasteiger charge is -2.27. The molecule has 1 amide bonds. The fraction of sp³-hybridized carbons (Fsp3) is 0.611. The van der Waals surface area contributed by atoms with Crippen LogP contribution in [-0.4, -0.2) is 48.0 Å². The topological polar surface area (TPSA) is 87.6 Å². The van der Waals surface area contributed by atoms with Gasteiger partial charge in [-0.3, -0.25) is 15.8 Å². The predicted molar refractivity (Wildman–Crippen MR) is 105 cm³/mol. The number of carbonyl (C=O) groups is 1. The lowest BCUT2D eigenvalue weighted by molar-refractivity contribution is -0.125. The van der Waals surface area contributed by atoms with Crippen LogP contribution < -0.4 is 16.4 Å². The number of thiazole rings is 1. The smallest absolute Gasteiger partial charge is 0.336 e. The third kappa shape index (κ3) is 4.54. The molecule has 1 unspecified atom stereocenters. The fourth-order valence-electron chi connectivity index (χ4n) is 3.41. The number of carbonyl (C=O) groups excluding carboxylic acids is 1. The SMILES string of the molecule is Cc1cnc(/C(C(=O)N2CCCCC2)=C(/[N+]#CN)NC2CCCNC2)s1. The minimum Gasteiger partial charge on any atom is -0.338 e. The summed E-state index contributed by atoms with van der Waals surface area (Å²) in [6, 6.07) is 0.209. The van der Waals surface area contributed by atoms with Crippen LogP contribution in [0.4, 0.5) is 0 Å². The van der Waals surface area contributed by atoms with Crippen molar-refractivity contribution in [3.8, 4) is 6.19 Å². The molecule has 0 saturated carbocycles. The molecule has 2 saturated heterocycles. The molecule has 0 radical (unpaired) electrons. The molecule has 3 heterocycles. The lowest BCUT2D eigenvalue weighted by Crippen LogP contribution is -2.43. The van der Waals surface area contributed by atoms with Gasteiger partial charge in [0.25, 0.3) is 12.1 Å². The molecule has 1 aromatic rings. The average Bonchev–Trinajstić information content (AvgIpc) is 3.09. The summed E-state index contributed by atoms with van der Waals surface area (Å²) in [4.78, 5) is 24.9. The first-order chi connectivity index (χ1) is 12.7. The van der Waals surface area contributed by atoms with Gasteiger partial charge in [-0.25, -0.2) is 4.98 Å². The maximum absolute atomic E-state index is 13.3. The second-order valence-electron chi connectivity index (χ2n) is 6.78. The largest absolute Gasteiger partial charge is 0.338 e. The van der Waals surface area contributed by atoms with E-state index in [9.17, 15) is 4.79 Å². The van der Waals surface area contributed by atoms with Gasteiger partial charge in [0.05, 0.1) is 6.04 Å². The molecule has 2 aliphatic heterocycles. The maximum atomic E-state index is 13.3. The molecule has 3 rings (SSSR count). The number of aryl methyl sites for hydroxylation is 1. The van der Waals surface area contributed by atoms with Crippen molar-refractivity contribution in [3.63, 3.8) is 0 Å². The van der Waals surface area contributed by atoms with Crippen LogP contribution in [-0.2, 0) is 4.79 Å². The molecule has 2 aliphatic rings. The molecule has 0 spiro atoms. The van der Waals surface area contributed by atoms with Crippen molar-refractivity contribution in [2.45, 2.75) is 45.1 Å². The Balaban J connectivity index is 1.97. The monoisotopic (exact) mass is 375 g/mol. The molecule has 0 bridgehead atoms. The summed E-state index contributed by atoms with van der Waals surface area (Å²) >= 11 is 1.50. The van der Waals surface area contributed by atoms with Crippen LogP contribution in [0.2, 0.25) is 0 Å². The van der Waals surface area contributed by atoms with E-state index in [1.54, 1.807) is 6.20 Å². The highest BCUT2D eigenvalue weighted by molar-refractivity contribution is 7.13. The summed E-state index contributed by atoms with van der Waals surface area (Å²) in [5, 5.41) is 7.47. The van der Waals surface area contributed by atoms with Crippen LogP contribution in [0, 0.1) is 13.1 Å². The van der Waals surface area contributed by atoms with Crippen molar-refractivity contribution < 1.29 is 4.79 Å². The summed E-state index contributed by atoms with van der Waals surface area (Å²) in [7, 11) is 0. The Bertz CT molecular complexity index is 720. The van der Waals surface area contributed by atoms with Gasteiger partial charge in [0, 0.05) is 30.7 Å². The summed E-state index contributed by atoms with van der Waals surface area (Å²) in [5.74, 6) is 0.454. The molecule has 7 nitrogen and oxygen atoms in total. The molecule has 0 aromatic carbocycles. The van der Waals surface area contributed by atoms with E-state index in [-0.39, 0.29) is 11.9 Å². The van der Waals surface area contributed by atoms with E-state index < -0.39 is 0 Å². The minimum atomic E-state index is -0.0238. The van der Waals surface area contributed by atoms with Crippen LogP contribution in [0.3, 0.4) is 0 Å². The third-order valence-electron chi connectivity index (χ3n) is 4.74. The highest BCUT2D eigenvalue weighted by Gasteiger charge is 2.31. The number of amides is 1. The summed E-state index contributed by atoms with van der Waals surface area (Å²) in [6.07, 6.45) is 9.52. The van der Waals surface area contributed by atoms with E-state index in [1.807, 2.05) is 11.8 Å². The first kappa shape index (κ1) is 18.7. The van der Waals surface area contributed by atoms with Crippen molar-refractivity contribution in [3.05, 3.63) is 26.7 Å². The van der Waals surface area contributed by atoms with E-state index in [0.29, 0.717) is 16.4 Å². The van der Waals surface area contributed by atoms with Crippen molar-refractivity contribution >= 4 is 22.8 Å². The van der Waals surface area contributed by atoms with E-state index >= 15 is 0 Å². The zero-order valence-electron chi connectivity index (χ0n) is 15.3. The quantitative estimate of drug-likeness (QED) is 0.424. The zero-order chi connectivity index (χ0) is 18.4. The molecule has 1 atom stereocenters. The summed E-state index contributed by atoms with van der Waals surface area (Å²) in [6.45, 7) is 5.41. The second kappa shape index (κ2) is 9.01. The van der Waals surface area contributed by atoms with Gasteiger partial charge < -0.3 is 10.2 Å². The van der Waals surface area contributed by atoms with Crippen LogP contribution in [0.25, 0.3) is 10.4 Å². The predicted octanol–water partition coefficient (Wildman–Crippen LogP) is 1.72. The first-order valence-electron chi connectivity index (χ1n) is 9.29. The van der Waals surface area contributed by atoms with Gasteiger partial charge in [0.2, 0.25) is 0 Å². The average molecular weight is 376 g/mol. The number of hydrogen-bond donors (Lipinski definition) is 3. The minimum absolute atomic E-state index is 0.0238. The van der Waals surface area contributed by atoms with Crippen LogP contribution in [0.1, 0.15) is 42.0 Å². The zero-order valence-corrected chi connectivity index (χ0v) is 16.1. The summed E-state index contributed by atoms with van der Waals surface area (Å²) < 4.78 is 0. The number of likely N-dealkylation sites (tertiary alicyclic amines) is 1. The van der Waals surface area contributed by atoms with Crippen LogP contribution in [0.5, 0.6) is 0 Å². The molecule has 4 N–H and O–H groups in total. The van der Waals surface area contributed by atoms with E-state index in [4.69, 9.17) is 5.73 Å². The number of hydrogen-bond acceptors (Lipinski definition) is 6. The van der Waals surface area contributed by atoms with Crippen molar-refractivity contribution in [2.24, 2.45) is 5.73 Å². The third-order valence-corrected chi connectivity index (χ3v) is 5.67. The first-order valence-corrected chi connectivity index (χ1v) is 10.1. The molecule has 26 heavy (non-hydrogen) atoms. The number of aromatic nitrogens is 1. The fourth-order valence-corrected chi connectivity index (χ4v) is 4.21. The Hall–Kier alpha value is -2.11. The Morgan fingerprint density at radius 2 is 2.23 bits per heavy atom. The van der Waals surface area contributed by atoms with Gasteiger partial charge in [-0.05, 0) is 45.6 Å². The van der Waals surface area contributed by atoms with E-state index in [0.717, 1.165) is 56.7 Å². The van der Waals surface area contributed by atoms with Crippen molar-refractivity contribution in [1.82, 2.24) is 20.5 Å². The highest BCUT2D eigenvalue weighted by Crippen LogP contribution is 2.27. The van der Waals surface area contributed by atoms with Gasteiger partial charge >= 0.3 is 5.82 Å². The summed E-state index contributed by atoms with van der Waals surface area (Å²) in [5.41, 5.74) is 5.99. The molecule has 0 aliphatic carbocycles. The molecule has 140 valence electrons. The molecular formula is C18H27N6OS+. The normalized spacial score (nSPS) is 21.4. The van der Waals surface area contributed by atoms with Gasteiger partial charge in [-0.2, -0.15) is 4.85 Å². The Morgan fingerprint density at radius 3 is 2.85 bits per heavy atom. The van der Waals surface area contributed by atoms with Crippen molar-refractivity contribution in [2.75, 3.05) is 26.2 Å². The van der Waals surface area contributed by atoms with E-state index in [1.165, 1.54) is 17.8 Å². The Labute approximate surface area is 158 Å². The number of rotatable bonds is 4. The number of nitrogens with two attached hydrogens (primary N) is 1. The Morgan fingerprint density at radius 1 is 1.42 bits per heavy atom. The van der Waals surface area contributed by atoms with Crippen molar-refractivity contribution in [1.29, 1.82) is 0 Å². The molecule has 2 fully saturated rings. The Kier molecular flexibility index (Phi) is 6.47. The highest BCUT2D eigenvalue weighted by atomic mass is 32.1. The number of nitrogens with one attached hydrogen (secondary N) is 2.